The monoisotopic (exact) mass is 317 g/mol. The first-order valence-corrected chi connectivity index (χ1v) is 7.49. The van der Waals surface area contributed by atoms with Crippen LogP contribution in [0.15, 0.2) is 28.7 Å². The minimum Gasteiger partial charge on any atom is -0.493 e. The lowest BCUT2D eigenvalue weighted by atomic mass is 10.1. The van der Waals surface area contributed by atoms with Crippen molar-refractivity contribution in [1.82, 2.24) is 4.90 Å². The standard InChI is InChI=1S/C18H23NO4/c1-12-10-15(13(2)23-12)18(20)19(3)9-8-14-6-7-16(21-4)17(11-14)22-5/h6-7,10-11H,8-9H2,1-5H3. The summed E-state index contributed by atoms with van der Waals surface area (Å²) in [6.45, 7) is 4.26. The van der Waals surface area contributed by atoms with Gasteiger partial charge in [0, 0.05) is 13.6 Å². The van der Waals surface area contributed by atoms with Gasteiger partial charge in [-0.25, -0.2) is 0 Å². The number of hydrogen-bond acceptors (Lipinski definition) is 4. The van der Waals surface area contributed by atoms with Gasteiger partial charge in [-0.1, -0.05) is 6.07 Å². The smallest absolute Gasteiger partial charge is 0.257 e. The Morgan fingerprint density at radius 1 is 1.13 bits per heavy atom. The first kappa shape index (κ1) is 16.9. The lowest BCUT2D eigenvalue weighted by molar-refractivity contribution is 0.0795. The molecular weight excluding hydrogens is 294 g/mol. The Morgan fingerprint density at radius 3 is 2.39 bits per heavy atom. The van der Waals surface area contributed by atoms with Gasteiger partial charge in [0.25, 0.3) is 5.91 Å². The van der Waals surface area contributed by atoms with E-state index < -0.39 is 0 Å². The normalized spacial score (nSPS) is 10.5. The van der Waals surface area contributed by atoms with Crippen LogP contribution in [0.2, 0.25) is 0 Å². The highest BCUT2D eigenvalue weighted by Gasteiger charge is 2.17. The van der Waals surface area contributed by atoms with Gasteiger partial charge in [-0.05, 0) is 44.0 Å². The van der Waals surface area contributed by atoms with E-state index >= 15 is 0 Å². The molecule has 5 heteroatoms. The number of furan rings is 1. The van der Waals surface area contributed by atoms with Gasteiger partial charge >= 0.3 is 0 Å². The summed E-state index contributed by atoms with van der Waals surface area (Å²) in [7, 11) is 5.02. The van der Waals surface area contributed by atoms with E-state index in [1.807, 2.05) is 32.0 Å². The molecule has 0 aliphatic heterocycles. The van der Waals surface area contributed by atoms with Gasteiger partial charge in [0.15, 0.2) is 11.5 Å². The van der Waals surface area contributed by atoms with Gasteiger partial charge in [0.05, 0.1) is 19.8 Å². The molecule has 23 heavy (non-hydrogen) atoms. The van der Waals surface area contributed by atoms with Crippen LogP contribution < -0.4 is 9.47 Å². The van der Waals surface area contributed by atoms with Crippen LogP contribution in [-0.2, 0) is 6.42 Å². The summed E-state index contributed by atoms with van der Waals surface area (Å²) in [5.74, 6) is 2.77. The van der Waals surface area contributed by atoms with Crippen LogP contribution in [0.25, 0.3) is 0 Å². The Balaban J connectivity index is 2.02. The summed E-state index contributed by atoms with van der Waals surface area (Å²) in [6.07, 6.45) is 0.735. The average Bonchev–Trinajstić information content (AvgIpc) is 2.89. The van der Waals surface area contributed by atoms with Crippen molar-refractivity contribution in [3.05, 3.63) is 46.9 Å². The van der Waals surface area contributed by atoms with Crippen LogP contribution in [0.5, 0.6) is 11.5 Å². The van der Waals surface area contributed by atoms with Gasteiger partial charge < -0.3 is 18.8 Å². The minimum atomic E-state index is -0.0279. The largest absolute Gasteiger partial charge is 0.493 e. The lowest BCUT2D eigenvalue weighted by Gasteiger charge is -2.17. The maximum Gasteiger partial charge on any atom is 0.257 e. The minimum absolute atomic E-state index is 0.0279. The average molecular weight is 317 g/mol. The van der Waals surface area contributed by atoms with Crippen molar-refractivity contribution in [2.45, 2.75) is 20.3 Å². The number of nitrogens with zero attached hydrogens (tertiary/aromatic N) is 1. The number of methoxy groups -OCH3 is 2. The number of ether oxygens (including phenoxy) is 2. The van der Waals surface area contributed by atoms with Crippen molar-refractivity contribution >= 4 is 5.91 Å². The first-order chi connectivity index (χ1) is 11.0. The van der Waals surface area contributed by atoms with Crippen molar-refractivity contribution in [3.8, 4) is 11.5 Å². The molecule has 0 fully saturated rings. The van der Waals surface area contributed by atoms with Crippen LogP contribution in [0.3, 0.4) is 0 Å². The van der Waals surface area contributed by atoms with Gasteiger partial charge in [-0.3, -0.25) is 4.79 Å². The molecule has 2 rings (SSSR count). The third-order valence-electron chi connectivity index (χ3n) is 3.80. The van der Waals surface area contributed by atoms with E-state index in [9.17, 15) is 4.79 Å². The third kappa shape index (κ3) is 3.86. The lowest BCUT2D eigenvalue weighted by Crippen LogP contribution is -2.29. The van der Waals surface area contributed by atoms with Crippen molar-refractivity contribution in [3.63, 3.8) is 0 Å². The van der Waals surface area contributed by atoms with Crippen molar-refractivity contribution < 1.29 is 18.7 Å². The Bertz CT molecular complexity index is 690. The number of rotatable bonds is 6. The van der Waals surface area contributed by atoms with Crippen LogP contribution in [0, 0.1) is 13.8 Å². The molecule has 1 heterocycles. The quantitative estimate of drug-likeness (QED) is 0.821. The molecule has 0 radical (unpaired) electrons. The topological polar surface area (TPSA) is 51.9 Å². The van der Waals surface area contributed by atoms with Crippen molar-refractivity contribution in [2.75, 3.05) is 27.8 Å². The third-order valence-corrected chi connectivity index (χ3v) is 3.80. The number of likely N-dealkylation sites (N-methyl/N-ethyl adjacent to an activating group) is 1. The van der Waals surface area contributed by atoms with Gasteiger partial charge in [0.1, 0.15) is 11.5 Å². The van der Waals surface area contributed by atoms with Crippen LogP contribution in [-0.4, -0.2) is 38.6 Å². The van der Waals surface area contributed by atoms with E-state index in [1.54, 1.807) is 32.2 Å². The van der Waals surface area contributed by atoms with E-state index in [1.165, 1.54) is 0 Å². The van der Waals surface area contributed by atoms with Crippen LogP contribution in [0.4, 0.5) is 0 Å². The molecule has 1 aromatic heterocycles. The van der Waals surface area contributed by atoms with E-state index in [0.29, 0.717) is 29.4 Å². The number of carbonyl (C=O) groups excluding carboxylic acids is 1. The van der Waals surface area contributed by atoms with Crippen molar-refractivity contribution in [1.29, 1.82) is 0 Å². The molecule has 0 atom stereocenters. The molecule has 0 aliphatic carbocycles. The van der Waals surface area contributed by atoms with E-state index in [-0.39, 0.29) is 5.91 Å². The Morgan fingerprint density at radius 2 is 1.83 bits per heavy atom. The van der Waals surface area contributed by atoms with E-state index in [0.717, 1.165) is 17.7 Å². The van der Waals surface area contributed by atoms with E-state index in [4.69, 9.17) is 13.9 Å². The fourth-order valence-corrected chi connectivity index (χ4v) is 2.48. The van der Waals surface area contributed by atoms with Crippen molar-refractivity contribution in [2.24, 2.45) is 0 Å². The molecule has 0 bridgehead atoms. The number of benzene rings is 1. The molecule has 0 aliphatic rings. The summed E-state index contributed by atoms with van der Waals surface area (Å²) >= 11 is 0. The van der Waals surface area contributed by atoms with Crippen LogP contribution >= 0.6 is 0 Å². The molecule has 2 aromatic rings. The molecule has 0 saturated heterocycles. The molecule has 0 N–H and O–H groups in total. The number of amides is 1. The maximum absolute atomic E-state index is 12.4. The molecule has 0 spiro atoms. The summed E-state index contributed by atoms with van der Waals surface area (Å²) < 4.78 is 16.0. The second-order valence-corrected chi connectivity index (χ2v) is 5.49. The summed E-state index contributed by atoms with van der Waals surface area (Å²) in [4.78, 5) is 14.1. The predicted molar refractivity (Wildman–Crippen MR) is 88.4 cm³/mol. The van der Waals surface area contributed by atoms with Crippen LogP contribution in [0.1, 0.15) is 27.4 Å². The zero-order valence-corrected chi connectivity index (χ0v) is 14.3. The first-order valence-electron chi connectivity index (χ1n) is 7.49. The highest BCUT2D eigenvalue weighted by atomic mass is 16.5. The van der Waals surface area contributed by atoms with Gasteiger partial charge in [-0.2, -0.15) is 0 Å². The summed E-state index contributed by atoms with van der Waals surface area (Å²) in [5, 5.41) is 0. The highest BCUT2D eigenvalue weighted by Crippen LogP contribution is 2.27. The molecule has 0 saturated carbocycles. The zero-order valence-electron chi connectivity index (χ0n) is 14.3. The second-order valence-electron chi connectivity index (χ2n) is 5.49. The molecule has 0 unspecified atom stereocenters. The number of carbonyl (C=O) groups is 1. The molecular formula is C18H23NO4. The molecule has 124 valence electrons. The molecule has 5 nitrogen and oxygen atoms in total. The predicted octanol–water partition coefficient (Wildman–Crippen LogP) is 3.23. The number of aryl methyl sites for hydroxylation is 2. The SMILES string of the molecule is COc1ccc(CCN(C)C(=O)c2cc(C)oc2C)cc1OC. The van der Waals surface area contributed by atoms with E-state index in [2.05, 4.69) is 0 Å². The fraction of sp³-hybridized carbons (Fsp3) is 0.389. The fourth-order valence-electron chi connectivity index (χ4n) is 2.48. The van der Waals surface area contributed by atoms with Gasteiger partial charge in [0.2, 0.25) is 0 Å². The molecule has 1 amide bonds. The number of hydrogen-bond donors (Lipinski definition) is 0. The maximum atomic E-state index is 12.4. The highest BCUT2D eigenvalue weighted by molar-refractivity contribution is 5.95. The Hall–Kier alpha value is -2.43. The summed E-state index contributed by atoms with van der Waals surface area (Å²) in [6, 6.07) is 7.57. The Labute approximate surface area is 136 Å². The summed E-state index contributed by atoms with van der Waals surface area (Å²) in [5.41, 5.74) is 1.71. The molecule has 1 aromatic carbocycles. The second kappa shape index (κ2) is 7.22. The Kier molecular flexibility index (Phi) is 5.32. The zero-order chi connectivity index (χ0) is 17.0. The van der Waals surface area contributed by atoms with Gasteiger partial charge in [-0.15, -0.1) is 0 Å².